The van der Waals surface area contributed by atoms with Gasteiger partial charge in [0.15, 0.2) is 0 Å². The molecule has 1 amide bonds. The first-order valence-corrected chi connectivity index (χ1v) is 8.84. The molecule has 1 aliphatic heterocycles. The third-order valence-electron chi connectivity index (χ3n) is 4.39. The molecule has 1 aromatic carbocycles. The molecule has 6 nitrogen and oxygen atoms in total. The molecule has 0 radical (unpaired) electrons. The van der Waals surface area contributed by atoms with E-state index in [0.717, 1.165) is 11.1 Å². The molecule has 3 heterocycles. The van der Waals surface area contributed by atoms with Crippen molar-refractivity contribution in [1.82, 2.24) is 19.9 Å². The van der Waals surface area contributed by atoms with Gasteiger partial charge in [0.2, 0.25) is 0 Å². The number of benzene rings is 1. The molecule has 8 heteroatoms. The summed E-state index contributed by atoms with van der Waals surface area (Å²) < 4.78 is 18.8. The SMILES string of the molecule is O=C(c1cc(-c2ccc(F)cc2)c[nH]1)N1CCC(Oc2ncc(Cl)cn2)C1. The zero-order valence-electron chi connectivity index (χ0n) is 14.2. The average molecular weight is 387 g/mol. The number of nitrogens with one attached hydrogen (secondary N) is 1. The second kappa shape index (κ2) is 7.36. The van der Waals surface area contributed by atoms with Crippen LogP contribution in [0.3, 0.4) is 0 Å². The van der Waals surface area contributed by atoms with Crippen LogP contribution in [-0.2, 0) is 0 Å². The molecule has 0 bridgehead atoms. The summed E-state index contributed by atoms with van der Waals surface area (Å²) in [6.07, 6.45) is 5.21. The van der Waals surface area contributed by atoms with Crippen LogP contribution in [0.1, 0.15) is 16.9 Å². The van der Waals surface area contributed by atoms with E-state index in [1.807, 2.05) is 0 Å². The van der Waals surface area contributed by atoms with Gasteiger partial charge in [0.1, 0.15) is 17.6 Å². The van der Waals surface area contributed by atoms with Crippen LogP contribution in [0.4, 0.5) is 4.39 Å². The van der Waals surface area contributed by atoms with Gasteiger partial charge in [-0.05, 0) is 29.3 Å². The Bertz CT molecular complexity index is 943. The number of H-pyrrole nitrogens is 1. The molecule has 3 aromatic rings. The Labute approximate surface area is 160 Å². The van der Waals surface area contributed by atoms with Crippen molar-refractivity contribution in [2.45, 2.75) is 12.5 Å². The first-order valence-electron chi connectivity index (χ1n) is 8.46. The van der Waals surface area contributed by atoms with Gasteiger partial charge in [0.25, 0.3) is 5.91 Å². The van der Waals surface area contributed by atoms with Gasteiger partial charge in [-0.25, -0.2) is 14.4 Å². The van der Waals surface area contributed by atoms with Crippen molar-refractivity contribution in [3.63, 3.8) is 0 Å². The lowest BCUT2D eigenvalue weighted by Crippen LogP contribution is -2.31. The van der Waals surface area contributed by atoms with Crippen LogP contribution >= 0.6 is 11.6 Å². The van der Waals surface area contributed by atoms with Gasteiger partial charge in [-0.2, -0.15) is 0 Å². The highest BCUT2D eigenvalue weighted by Gasteiger charge is 2.29. The molecule has 1 fully saturated rings. The first-order chi connectivity index (χ1) is 13.1. The monoisotopic (exact) mass is 386 g/mol. The molecule has 1 saturated heterocycles. The molecule has 138 valence electrons. The maximum absolute atomic E-state index is 13.1. The van der Waals surface area contributed by atoms with Gasteiger partial charge in [-0.15, -0.1) is 0 Å². The van der Waals surface area contributed by atoms with Gasteiger partial charge in [-0.1, -0.05) is 23.7 Å². The number of ether oxygens (including phenoxy) is 1. The highest BCUT2D eigenvalue weighted by molar-refractivity contribution is 6.30. The van der Waals surface area contributed by atoms with Crippen molar-refractivity contribution in [3.05, 3.63) is 65.5 Å². The highest BCUT2D eigenvalue weighted by atomic mass is 35.5. The second-order valence-electron chi connectivity index (χ2n) is 6.27. The van der Waals surface area contributed by atoms with E-state index in [-0.39, 0.29) is 23.8 Å². The Morgan fingerprint density at radius 2 is 1.96 bits per heavy atom. The fourth-order valence-electron chi connectivity index (χ4n) is 3.02. The summed E-state index contributed by atoms with van der Waals surface area (Å²) in [5.74, 6) is -0.398. The largest absolute Gasteiger partial charge is 0.458 e. The van der Waals surface area contributed by atoms with Crippen LogP contribution in [-0.4, -0.2) is 45.0 Å². The maximum atomic E-state index is 13.1. The Morgan fingerprint density at radius 1 is 1.22 bits per heavy atom. The number of carbonyl (C=O) groups is 1. The fourth-order valence-corrected chi connectivity index (χ4v) is 3.11. The van der Waals surface area contributed by atoms with Crippen molar-refractivity contribution in [2.75, 3.05) is 13.1 Å². The number of nitrogens with zero attached hydrogens (tertiary/aromatic N) is 3. The second-order valence-corrected chi connectivity index (χ2v) is 6.71. The summed E-state index contributed by atoms with van der Waals surface area (Å²) >= 11 is 5.76. The van der Waals surface area contributed by atoms with Crippen molar-refractivity contribution < 1.29 is 13.9 Å². The standard InChI is InChI=1S/C19H16ClFN4O2/c20-14-9-23-19(24-10-14)27-16-5-6-25(11-16)18(26)17-7-13(8-22-17)12-1-3-15(21)4-2-12/h1-4,7-10,16,22H,5-6,11H2. The Kier molecular flexibility index (Phi) is 4.77. The summed E-state index contributed by atoms with van der Waals surface area (Å²) in [6.45, 7) is 1.04. The van der Waals surface area contributed by atoms with Crippen LogP contribution in [0.15, 0.2) is 48.9 Å². The van der Waals surface area contributed by atoms with Gasteiger partial charge >= 0.3 is 6.01 Å². The summed E-state index contributed by atoms with van der Waals surface area (Å²) in [5, 5.41) is 0.439. The van der Waals surface area contributed by atoms with Crippen LogP contribution < -0.4 is 4.74 Å². The van der Waals surface area contributed by atoms with Crippen LogP contribution in [0.5, 0.6) is 6.01 Å². The lowest BCUT2D eigenvalue weighted by Gasteiger charge is -2.15. The first kappa shape index (κ1) is 17.5. The van der Waals surface area contributed by atoms with Crippen molar-refractivity contribution >= 4 is 17.5 Å². The number of aromatic amines is 1. The van der Waals surface area contributed by atoms with Gasteiger partial charge in [0, 0.05) is 19.2 Å². The molecular weight excluding hydrogens is 371 g/mol. The van der Waals surface area contributed by atoms with Crippen molar-refractivity contribution in [3.8, 4) is 17.1 Å². The zero-order chi connectivity index (χ0) is 18.8. The Hall–Kier alpha value is -2.93. The third kappa shape index (κ3) is 3.93. The van der Waals surface area contributed by atoms with E-state index >= 15 is 0 Å². The van der Waals surface area contributed by atoms with Gasteiger partial charge in [0.05, 0.1) is 24.0 Å². The molecule has 1 atom stereocenters. The van der Waals surface area contributed by atoms with Crippen LogP contribution in [0.2, 0.25) is 5.02 Å². The van der Waals surface area contributed by atoms with E-state index in [1.54, 1.807) is 29.3 Å². The fraction of sp³-hybridized carbons (Fsp3) is 0.211. The zero-order valence-corrected chi connectivity index (χ0v) is 15.0. The molecule has 27 heavy (non-hydrogen) atoms. The maximum Gasteiger partial charge on any atom is 0.316 e. The van der Waals surface area contributed by atoms with Crippen molar-refractivity contribution in [1.29, 1.82) is 0 Å². The molecule has 1 N–H and O–H groups in total. The summed E-state index contributed by atoms with van der Waals surface area (Å²) in [4.78, 5) is 25.5. The number of hydrogen-bond donors (Lipinski definition) is 1. The minimum Gasteiger partial charge on any atom is -0.458 e. The van der Waals surface area contributed by atoms with Gasteiger partial charge in [-0.3, -0.25) is 4.79 Å². The Morgan fingerprint density at radius 3 is 2.70 bits per heavy atom. The molecule has 4 rings (SSSR count). The number of amides is 1. The molecule has 1 unspecified atom stereocenters. The number of likely N-dealkylation sites (tertiary alicyclic amines) is 1. The normalized spacial score (nSPS) is 16.5. The molecule has 1 aliphatic rings. The minimum absolute atomic E-state index is 0.105. The van der Waals surface area contributed by atoms with Crippen molar-refractivity contribution in [2.24, 2.45) is 0 Å². The number of hydrogen-bond acceptors (Lipinski definition) is 4. The predicted molar refractivity (Wildman–Crippen MR) is 98.2 cm³/mol. The highest BCUT2D eigenvalue weighted by Crippen LogP contribution is 2.23. The van der Waals surface area contributed by atoms with Crippen LogP contribution in [0, 0.1) is 5.82 Å². The topological polar surface area (TPSA) is 71.1 Å². The number of carbonyl (C=O) groups excluding carboxylic acids is 1. The van der Waals surface area contributed by atoms with E-state index < -0.39 is 0 Å². The lowest BCUT2D eigenvalue weighted by atomic mass is 10.1. The number of aromatic nitrogens is 3. The van der Waals surface area contributed by atoms with E-state index in [1.165, 1.54) is 24.5 Å². The van der Waals surface area contributed by atoms with E-state index in [9.17, 15) is 9.18 Å². The third-order valence-corrected chi connectivity index (χ3v) is 4.59. The summed E-state index contributed by atoms with van der Waals surface area (Å²) in [7, 11) is 0. The molecule has 0 spiro atoms. The molecule has 0 saturated carbocycles. The lowest BCUT2D eigenvalue weighted by molar-refractivity contribution is 0.0764. The van der Waals surface area contributed by atoms with E-state index in [2.05, 4.69) is 15.0 Å². The van der Waals surface area contributed by atoms with Crippen LogP contribution in [0.25, 0.3) is 11.1 Å². The average Bonchev–Trinajstić information content (AvgIpc) is 3.34. The summed E-state index contributed by atoms with van der Waals surface area (Å²) in [6, 6.07) is 8.16. The number of rotatable bonds is 4. The van der Waals surface area contributed by atoms with Gasteiger partial charge < -0.3 is 14.6 Å². The Balaban J connectivity index is 1.40. The predicted octanol–water partition coefficient (Wildman–Crippen LogP) is 3.56. The summed E-state index contributed by atoms with van der Waals surface area (Å²) in [5.41, 5.74) is 2.16. The minimum atomic E-state index is -0.293. The molecule has 0 aliphatic carbocycles. The van der Waals surface area contributed by atoms with E-state index in [0.29, 0.717) is 30.2 Å². The molecular formula is C19H16ClFN4O2. The molecule has 2 aromatic heterocycles. The smallest absolute Gasteiger partial charge is 0.316 e. The quantitative estimate of drug-likeness (QED) is 0.744. The number of halogens is 2. The van der Waals surface area contributed by atoms with E-state index in [4.69, 9.17) is 16.3 Å².